The Morgan fingerprint density at radius 1 is 1.69 bits per heavy atom. The van der Waals surface area contributed by atoms with E-state index < -0.39 is 0 Å². The van der Waals surface area contributed by atoms with Crippen LogP contribution < -0.4 is 4.74 Å². The Balaban J connectivity index is 2.54. The number of nitrogens with zero attached hydrogens (tertiary/aromatic N) is 2. The Kier molecular flexibility index (Phi) is 2.00. The van der Waals surface area contributed by atoms with Gasteiger partial charge in [-0.05, 0) is 6.92 Å². The molecule has 0 saturated carbocycles. The van der Waals surface area contributed by atoms with Crippen LogP contribution in [0.15, 0.2) is 0 Å². The second kappa shape index (κ2) is 3.03. The zero-order chi connectivity index (χ0) is 9.42. The lowest BCUT2D eigenvalue weighted by atomic mass is 10.2. The van der Waals surface area contributed by atoms with Crippen LogP contribution in [-0.4, -0.2) is 22.2 Å². The number of fused-ring (bicyclic) bond motifs is 1. The number of aromatic nitrogens is 2. The third kappa shape index (κ3) is 1.31. The number of hydrogen-bond donors (Lipinski definition) is 0. The minimum Gasteiger partial charge on any atom is -0.477 e. The monoisotopic (exact) mass is 200 g/mol. The normalized spacial score (nSPS) is 14.9. The highest BCUT2D eigenvalue weighted by atomic mass is 35.5. The third-order valence-corrected chi connectivity index (χ3v) is 2.23. The molecule has 0 atom stereocenters. The van der Waals surface area contributed by atoms with Gasteiger partial charge in [-0.1, -0.05) is 11.6 Å². The number of ether oxygens (including phenoxy) is 1. The first-order chi connectivity index (χ1) is 6.20. The summed E-state index contributed by atoms with van der Waals surface area (Å²) in [6, 6.07) is 0. The quantitative estimate of drug-likeness (QED) is 0.646. The molecule has 5 heteroatoms. The van der Waals surface area contributed by atoms with Crippen molar-refractivity contribution in [1.29, 1.82) is 0 Å². The first-order valence-corrected chi connectivity index (χ1v) is 4.48. The van der Waals surface area contributed by atoms with Crippen LogP contribution in [0.4, 0.5) is 0 Å². The fraction of sp³-hybridized carbons (Fsp3) is 0.500. The van der Waals surface area contributed by atoms with Gasteiger partial charge >= 0.3 is 0 Å². The minimum absolute atomic E-state index is 0.104. The Morgan fingerprint density at radius 3 is 3.15 bits per heavy atom. The van der Waals surface area contributed by atoms with Gasteiger partial charge < -0.3 is 4.74 Å². The lowest BCUT2D eigenvalue weighted by molar-refractivity contribution is 0.101. The average molecular weight is 201 g/mol. The second-order valence-corrected chi connectivity index (χ2v) is 3.31. The minimum atomic E-state index is -0.104. The van der Waals surface area contributed by atoms with Crippen molar-refractivity contribution >= 4 is 17.4 Å². The van der Waals surface area contributed by atoms with Gasteiger partial charge in [0, 0.05) is 13.0 Å². The Bertz CT molecular complexity index is 359. The summed E-state index contributed by atoms with van der Waals surface area (Å²) in [7, 11) is 0. The van der Waals surface area contributed by atoms with Crippen LogP contribution in [0.1, 0.15) is 23.7 Å². The molecule has 1 aliphatic heterocycles. The molecule has 1 aromatic rings. The molecule has 0 N–H and O–H groups in total. The highest BCUT2D eigenvalue weighted by Gasteiger charge is 2.23. The molecule has 0 amide bonds. The van der Waals surface area contributed by atoms with Gasteiger partial charge in [-0.15, -0.1) is 0 Å². The molecule has 0 bridgehead atoms. The molecular formula is C8H9ClN2O2. The predicted octanol–water partition coefficient (Wildman–Crippen LogP) is 1.52. The summed E-state index contributed by atoms with van der Waals surface area (Å²) in [4.78, 5) is 11.2. The Hall–Kier alpha value is -1.03. The largest absolute Gasteiger partial charge is 0.477 e. The van der Waals surface area contributed by atoms with E-state index in [4.69, 9.17) is 16.3 Å². The van der Waals surface area contributed by atoms with E-state index in [-0.39, 0.29) is 10.9 Å². The number of hydrogen-bond acceptors (Lipinski definition) is 3. The lowest BCUT2D eigenvalue weighted by Gasteiger charge is -2.14. The molecule has 1 aliphatic rings. The van der Waals surface area contributed by atoms with Crippen molar-refractivity contribution in [2.75, 3.05) is 6.61 Å². The average Bonchev–Trinajstić information content (AvgIpc) is 2.39. The fourth-order valence-electron chi connectivity index (χ4n) is 1.40. The summed E-state index contributed by atoms with van der Waals surface area (Å²) >= 11 is 5.80. The molecule has 0 radical (unpaired) electrons. The van der Waals surface area contributed by atoms with E-state index in [2.05, 4.69) is 5.10 Å². The van der Waals surface area contributed by atoms with Crippen LogP contribution in [0.2, 0.25) is 5.15 Å². The molecule has 70 valence electrons. The first kappa shape index (κ1) is 8.56. The second-order valence-electron chi connectivity index (χ2n) is 2.95. The summed E-state index contributed by atoms with van der Waals surface area (Å²) in [5.41, 5.74) is 0.404. The molecule has 4 nitrogen and oxygen atoms in total. The number of aryl methyl sites for hydroxylation is 1. The van der Waals surface area contributed by atoms with Gasteiger partial charge in [0.1, 0.15) is 5.56 Å². The molecule has 0 aliphatic carbocycles. The summed E-state index contributed by atoms with van der Waals surface area (Å²) in [5, 5.41) is 4.25. The predicted molar refractivity (Wildman–Crippen MR) is 47.4 cm³/mol. The fourth-order valence-corrected chi connectivity index (χ4v) is 1.70. The van der Waals surface area contributed by atoms with Gasteiger partial charge in [0.15, 0.2) is 10.9 Å². The van der Waals surface area contributed by atoms with E-state index in [0.717, 1.165) is 13.0 Å². The maximum absolute atomic E-state index is 11.2. The van der Waals surface area contributed by atoms with Crippen molar-refractivity contribution in [2.45, 2.75) is 19.9 Å². The summed E-state index contributed by atoms with van der Waals surface area (Å²) in [6.07, 6.45) is 0.905. The third-order valence-electron chi connectivity index (χ3n) is 1.97. The van der Waals surface area contributed by atoms with Gasteiger partial charge in [0.05, 0.1) is 6.61 Å². The summed E-state index contributed by atoms with van der Waals surface area (Å²) in [5.74, 6) is 0.414. The van der Waals surface area contributed by atoms with Crippen molar-refractivity contribution in [3.8, 4) is 5.88 Å². The zero-order valence-corrected chi connectivity index (χ0v) is 7.97. The molecule has 2 rings (SSSR count). The van der Waals surface area contributed by atoms with E-state index in [9.17, 15) is 4.79 Å². The lowest BCUT2D eigenvalue weighted by Crippen LogP contribution is -2.15. The van der Waals surface area contributed by atoms with Gasteiger partial charge in [0.25, 0.3) is 0 Å². The Labute approximate surface area is 80.4 Å². The van der Waals surface area contributed by atoms with Crippen molar-refractivity contribution in [3.05, 3.63) is 10.7 Å². The van der Waals surface area contributed by atoms with E-state index in [1.165, 1.54) is 6.92 Å². The smallest absolute Gasteiger partial charge is 0.224 e. The van der Waals surface area contributed by atoms with Crippen molar-refractivity contribution in [2.24, 2.45) is 0 Å². The Morgan fingerprint density at radius 2 is 2.46 bits per heavy atom. The molecular weight excluding hydrogens is 192 g/mol. The summed E-state index contributed by atoms with van der Waals surface area (Å²) in [6.45, 7) is 2.85. The van der Waals surface area contributed by atoms with Gasteiger partial charge in [-0.3, -0.25) is 4.79 Å². The summed E-state index contributed by atoms with van der Waals surface area (Å²) < 4.78 is 6.97. The molecule has 0 unspecified atom stereocenters. The number of carbonyl (C=O) groups is 1. The van der Waals surface area contributed by atoms with Gasteiger partial charge in [-0.2, -0.15) is 5.10 Å². The SMILES string of the molecule is CC(=O)c1c(Cl)nn2c1OCCC2. The molecule has 0 spiro atoms. The molecule has 0 fully saturated rings. The van der Waals surface area contributed by atoms with Crippen LogP contribution >= 0.6 is 11.6 Å². The van der Waals surface area contributed by atoms with Gasteiger partial charge in [0.2, 0.25) is 5.88 Å². The number of halogens is 1. The standard InChI is InChI=1S/C8H9ClN2O2/c1-5(12)6-7(9)10-11-3-2-4-13-8(6)11/h2-4H2,1H3. The number of ketones is 1. The number of carbonyl (C=O) groups excluding carboxylic acids is 1. The van der Waals surface area contributed by atoms with Crippen LogP contribution in [0.5, 0.6) is 5.88 Å². The molecule has 1 aromatic heterocycles. The van der Waals surface area contributed by atoms with Crippen molar-refractivity contribution in [1.82, 2.24) is 9.78 Å². The van der Waals surface area contributed by atoms with Crippen molar-refractivity contribution in [3.63, 3.8) is 0 Å². The van der Waals surface area contributed by atoms with Crippen LogP contribution in [0.3, 0.4) is 0 Å². The van der Waals surface area contributed by atoms with E-state index >= 15 is 0 Å². The molecule has 2 heterocycles. The highest BCUT2D eigenvalue weighted by molar-refractivity contribution is 6.33. The van der Waals surface area contributed by atoms with Crippen LogP contribution in [0.25, 0.3) is 0 Å². The topological polar surface area (TPSA) is 44.1 Å². The van der Waals surface area contributed by atoms with Crippen LogP contribution in [0, 0.1) is 0 Å². The molecule has 0 saturated heterocycles. The van der Waals surface area contributed by atoms with E-state index in [0.29, 0.717) is 18.1 Å². The molecule has 13 heavy (non-hydrogen) atoms. The number of rotatable bonds is 1. The zero-order valence-electron chi connectivity index (χ0n) is 7.21. The van der Waals surface area contributed by atoms with Gasteiger partial charge in [-0.25, -0.2) is 4.68 Å². The van der Waals surface area contributed by atoms with E-state index in [1.807, 2.05) is 0 Å². The van der Waals surface area contributed by atoms with Crippen LogP contribution in [-0.2, 0) is 6.54 Å². The molecule has 0 aromatic carbocycles. The highest BCUT2D eigenvalue weighted by Crippen LogP contribution is 2.29. The number of Topliss-reactive ketones (excluding diaryl/α,β-unsaturated/α-hetero) is 1. The maximum atomic E-state index is 11.2. The van der Waals surface area contributed by atoms with E-state index in [1.54, 1.807) is 4.68 Å². The van der Waals surface area contributed by atoms with Crippen molar-refractivity contribution < 1.29 is 9.53 Å². The maximum Gasteiger partial charge on any atom is 0.224 e. The first-order valence-electron chi connectivity index (χ1n) is 4.10.